The lowest BCUT2D eigenvalue weighted by Gasteiger charge is -2.23. The number of hydrogen-bond acceptors (Lipinski definition) is 3. The Balaban J connectivity index is 1.72. The van der Waals surface area contributed by atoms with Gasteiger partial charge in [-0.3, -0.25) is 0 Å². The summed E-state index contributed by atoms with van der Waals surface area (Å²) in [6, 6.07) is 10.1. The molecule has 102 valence electrons. The first-order valence-corrected chi connectivity index (χ1v) is 6.44. The molecule has 0 unspecified atom stereocenters. The largest absolute Gasteiger partial charge is 0.464 e. The van der Waals surface area contributed by atoms with Gasteiger partial charge in [0.2, 0.25) is 0 Å². The maximum Gasteiger partial charge on any atom is 0.425 e. The van der Waals surface area contributed by atoms with Gasteiger partial charge < -0.3 is 9.84 Å². The topological polar surface area (TPSA) is 70.9 Å². The van der Waals surface area contributed by atoms with Crippen LogP contribution in [0.15, 0.2) is 35.4 Å². The predicted octanol–water partition coefficient (Wildman–Crippen LogP) is 2.77. The first-order chi connectivity index (χ1) is 9.24. The summed E-state index contributed by atoms with van der Waals surface area (Å²) in [7, 11) is 0. The summed E-state index contributed by atoms with van der Waals surface area (Å²) in [4.78, 5) is 10.3. The smallest absolute Gasteiger partial charge is 0.425 e. The Morgan fingerprint density at radius 3 is 2.63 bits per heavy atom. The Hall–Kier alpha value is -1.88. The average Bonchev–Trinajstić information content (AvgIpc) is 2.45. The molecule has 1 aromatic rings. The van der Waals surface area contributed by atoms with Crippen LogP contribution in [0.25, 0.3) is 0 Å². The van der Waals surface area contributed by atoms with Crippen LogP contribution in [0.2, 0.25) is 0 Å². The molecule has 19 heavy (non-hydrogen) atoms. The van der Waals surface area contributed by atoms with Gasteiger partial charge in [0.05, 0.1) is 12.7 Å². The van der Waals surface area contributed by atoms with E-state index in [1.807, 2.05) is 30.3 Å². The fourth-order valence-corrected chi connectivity index (χ4v) is 2.12. The van der Waals surface area contributed by atoms with E-state index in [0.29, 0.717) is 6.61 Å². The number of benzene rings is 1. The van der Waals surface area contributed by atoms with Crippen molar-refractivity contribution in [3.63, 3.8) is 0 Å². The molecular weight excluding hydrogens is 244 g/mol. The second kappa shape index (κ2) is 6.89. The Morgan fingerprint density at radius 2 is 2.00 bits per heavy atom. The number of ether oxygens (including phenoxy) is 1. The molecule has 0 bridgehead atoms. The van der Waals surface area contributed by atoms with Crippen molar-refractivity contribution < 1.29 is 14.6 Å². The van der Waals surface area contributed by atoms with E-state index in [1.165, 1.54) is 5.56 Å². The van der Waals surface area contributed by atoms with E-state index >= 15 is 0 Å². The molecule has 2 N–H and O–H groups in total. The highest BCUT2D eigenvalue weighted by Gasteiger charge is 2.18. The molecule has 0 radical (unpaired) electrons. The lowest BCUT2D eigenvalue weighted by atomic mass is 9.96. The second-order valence-corrected chi connectivity index (χ2v) is 4.59. The monoisotopic (exact) mass is 262 g/mol. The number of hydrogen-bond donors (Lipinski definition) is 2. The van der Waals surface area contributed by atoms with Crippen LogP contribution in [0.3, 0.4) is 0 Å². The van der Waals surface area contributed by atoms with Crippen LogP contribution in [0.4, 0.5) is 4.79 Å². The van der Waals surface area contributed by atoms with Gasteiger partial charge in [0.1, 0.15) is 0 Å². The van der Waals surface area contributed by atoms with Crippen molar-refractivity contribution in [3.8, 4) is 0 Å². The summed E-state index contributed by atoms with van der Waals surface area (Å²) in [5.41, 5.74) is 4.13. The molecule has 0 aliphatic heterocycles. The van der Waals surface area contributed by atoms with Crippen LogP contribution in [0, 0.1) is 0 Å². The minimum absolute atomic E-state index is 0.240. The van der Waals surface area contributed by atoms with E-state index in [9.17, 15) is 4.79 Å². The number of rotatable bonds is 4. The van der Waals surface area contributed by atoms with Gasteiger partial charge in [0.25, 0.3) is 0 Å². The maximum absolute atomic E-state index is 10.3. The van der Waals surface area contributed by atoms with Crippen LogP contribution >= 0.6 is 0 Å². The molecule has 0 spiro atoms. The fourth-order valence-electron chi connectivity index (χ4n) is 2.12. The third-order valence-corrected chi connectivity index (χ3v) is 3.15. The summed E-state index contributed by atoms with van der Waals surface area (Å²) in [6.45, 7) is 0.630. The van der Waals surface area contributed by atoms with E-state index in [0.717, 1.165) is 31.4 Å². The Labute approximate surface area is 112 Å². The number of carboxylic acid groups (broad SMARTS) is 1. The number of hydrazone groups is 1. The molecule has 1 aromatic carbocycles. The SMILES string of the molecule is O=C(O)NN=C1CCC(OCc2ccccc2)CC1. The van der Waals surface area contributed by atoms with Crippen LogP contribution < -0.4 is 5.43 Å². The van der Waals surface area contributed by atoms with Crippen molar-refractivity contribution in [2.45, 2.75) is 38.4 Å². The summed E-state index contributed by atoms with van der Waals surface area (Å²) < 4.78 is 5.85. The number of nitrogens with one attached hydrogen (secondary N) is 1. The predicted molar refractivity (Wildman–Crippen MR) is 72.1 cm³/mol. The third-order valence-electron chi connectivity index (χ3n) is 3.15. The van der Waals surface area contributed by atoms with Crippen molar-refractivity contribution in [3.05, 3.63) is 35.9 Å². The van der Waals surface area contributed by atoms with Gasteiger partial charge in [-0.25, -0.2) is 10.2 Å². The van der Waals surface area contributed by atoms with E-state index in [4.69, 9.17) is 9.84 Å². The summed E-state index contributed by atoms with van der Waals surface area (Å²) in [6.07, 6.45) is 2.50. The van der Waals surface area contributed by atoms with Crippen LogP contribution in [-0.2, 0) is 11.3 Å². The maximum atomic E-state index is 10.3. The highest BCUT2D eigenvalue weighted by Crippen LogP contribution is 2.20. The van der Waals surface area contributed by atoms with Gasteiger partial charge in [0.15, 0.2) is 0 Å². The van der Waals surface area contributed by atoms with Crippen molar-refractivity contribution in [1.82, 2.24) is 5.43 Å². The molecule has 1 fully saturated rings. The molecule has 0 heterocycles. The van der Waals surface area contributed by atoms with Gasteiger partial charge in [0, 0.05) is 5.71 Å². The first kappa shape index (κ1) is 13.5. The zero-order chi connectivity index (χ0) is 13.5. The van der Waals surface area contributed by atoms with Gasteiger partial charge in [-0.1, -0.05) is 30.3 Å². The normalized spacial score (nSPS) is 18.9. The van der Waals surface area contributed by atoms with Crippen molar-refractivity contribution in [2.75, 3.05) is 0 Å². The lowest BCUT2D eigenvalue weighted by Crippen LogP contribution is -2.24. The van der Waals surface area contributed by atoms with Crippen molar-refractivity contribution in [1.29, 1.82) is 0 Å². The third kappa shape index (κ3) is 4.71. The van der Waals surface area contributed by atoms with E-state index in [2.05, 4.69) is 10.5 Å². The standard InChI is InChI=1S/C14H18N2O3/c17-14(18)16-15-12-6-8-13(9-7-12)19-10-11-4-2-1-3-5-11/h1-5,13,16H,6-10H2,(H,17,18). The Kier molecular flexibility index (Phi) is 4.92. The molecule has 0 saturated heterocycles. The summed E-state index contributed by atoms with van der Waals surface area (Å²) in [5.74, 6) is 0. The number of carbonyl (C=O) groups is 1. The van der Waals surface area contributed by atoms with Gasteiger partial charge >= 0.3 is 6.09 Å². The first-order valence-electron chi connectivity index (χ1n) is 6.44. The molecule has 1 amide bonds. The van der Waals surface area contributed by atoms with Crippen molar-refractivity contribution in [2.24, 2.45) is 5.10 Å². The van der Waals surface area contributed by atoms with Crippen LogP contribution in [-0.4, -0.2) is 23.0 Å². The van der Waals surface area contributed by atoms with Crippen LogP contribution in [0.5, 0.6) is 0 Å². The molecule has 0 atom stereocenters. The van der Waals surface area contributed by atoms with Gasteiger partial charge in [-0.15, -0.1) is 0 Å². The summed E-state index contributed by atoms with van der Waals surface area (Å²) >= 11 is 0. The Bertz CT molecular complexity index is 435. The molecule has 5 nitrogen and oxygen atoms in total. The lowest BCUT2D eigenvalue weighted by molar-refractivity contribution is 0.0280. The molecular formula is C14H18N2O3. The second-order valence-electron chi connectivity index (χ2n) is 4.59. The van der Waals surface area contributed by atoms with Gasteiger partial charge in [-0.05, 0) is 31.2 Å². The van der Waals surface area contributed by atoms with Gasteiger partial charge in [-0.2, -0.15) is 5.10 Å². The van der Waals surface area contributed by atoms with E-state index in [1.54, 1.807) is 0 Å². The highest BCUT2D eigenvalue weighted by atomic mass is 16.5. The molecule has 1 saturated carbocycles. The minimum Gasteiger partial charge on any atom is -0.464 e. The van der Waals surface area contributed by atoms with E-state index < -0.39 is 6.09 Å². The Morgan fingerprint density at radius 1 is 1.32 bits per heavy atom. The quantitative estimate of drug-likeness (QED) is 0.820. The fraction of sp³-hybridized carbons (Fsp3) is 0.429. The minimum atomic E-state index is -1.12. The number of amides is 1. The van der Waals surface area contributed by atoms with Crippen LogP contribution in [0.1, 0.15) is 31.2 Å². The van der Waals surface area contributed by atoms with E-state index in [-0.39, 0.29) is 6.10 Å². The molecule has 5 heteroatoms. The molecule has 0 aromatic heterocycles. The molecule has 2 rings (SSSR count). The number of nitrogens with zero attached hydrogens (tertiary/aromatic N) is 1. The molecule has 1 aliphatic rings. The highest BCUT2D eigenvalue weighted by molar-refractivity contribution is 5.86. The summed E-state index contributed by atoms with van der Waals surface area (Å²) in [5, 5.41) is 12.3. The molecule has 1 aliphatic carbocycles. The average molecular weight is 262 g/mol. The zero-order valence-electron chi connectivity index (χ0n) is 10.7. The zero-order valence-corrected chi connectivity index (χ0v) is 10.7. The van der Waals surface area contributed by atoms with Crippen molar-refractivity contribution >= 4 is 11.8 Å².